The molecule has 19 heavy (non-hydrogen) atoms. The van der Waals surface area contributed by atoms with E-state index in [9.17, 15) is 9.18 Å². The zero-order valence-corrected chi connectivity index (χ0v) is 12.8. The highest BCUT2D eigenvalue weighted by molar-refractivity contribution is 9.10. The molecule has 4 nitrogen and oxygen atoms in total. The average molecular weight is 333 g/mol. The van der Waals surface area contributed by atoms with Crippen LogP contribution in [0.2, 0.25) is 0 Å². The van der Waals surface area contributed by atoms with Crippen molar-refractivity contribution in [2.45, 2.75) is 26.8 Å². The van der Waals surface area contributed by atoms with Gasteiger partial charge in [0.1, 0.15) is 11.6 Å². The minimum Gasteiger partial charge on any atom is -0.482 e. The van der Waals surface area contributed by atoms with E-state index in [2.05, 4.69) is 21.2 Å². The molecule has 3 N–H and O–H groups in total. The van der Waals surface area contributed by atoms with Gasteiger partial charge in [-0.1, -0.05) is 13.8 Å². The van der Waals surface area contributed by atoms with Crippen molar-refractivity contribution in [1.82, 2.24) is 5.32 Å². The van der Waals surface area contributed by atoms with E-state index in [4.69, 9.17) is 10.5 Å². The van der Waals surface area contributed by atoms with Crippen LogP contribution in [0.1, 0.15) is 20.8 Å². The number of anilines is 1. The summed E-state index contributed by atoms with van der Waals surface area (Å²) in [6, 6.07) is 2.60. The number of nitrogen functional groups attached to an aromatic ring is 1. The number of rotatable bonds is 5. The van der Waals surface area contributed by atoms with Gasteiger partial charge < -0.3 is 15.8 Å². The molecule has 0 radical (unpaired) electrons. The van der Waals surface area contributed by atoms with Crippen LogP contribution in [0.25, 0.3) is 0 Å². The van der Waals surface area contributed by atoms with Crippen LogP contribution in [0.3, 0.4) is 0 Å². The molecule has 1 atom stereocenters. The molecule has 0 spiro atoms. The lowest BCUT2D eigenvalue weighted by atomic mass is 10.1. The summed E-state index contributed by atoms with van der Waals surface area (Å²) in [7, 11) is 0. The first-order valence-corrected chi connectivity index (χ1v) is 6.77. The molecule has 0 saturated carbocycles. The number of hydrogen-bond donors (Lipinski definition) is 2. The summed E-state index contributed by atoms with van der Waals surface area (Å²) in [5.41, 5.74) is 5.95. The number of halogens is 2. The smallest absolute Gasteiger partial charge is 0.258 e. The van der Waals surface area contributed by atoms with Crippen molar-refractivity contribution >= 4 is 27.5 Å². The molecular weight excluding hydrogens is 315 g/mol. The summed E-state index contributed by atoms with van der Waals surface area (Å²) in [6.45, 7) is 5.74. The van der Waals surface area contributed by atoms with Gasteiger partial charge in [0, 0.05) is 12.1 Å². The minimum atomic E-state index is -0.486. The summed E-state index contributed by atoms with van der Waals surface area (Å²) in [4.78, 5) is 11.6. The number of benzene rings is 1. The predicted octanol–water partition coefficient (Wildman–Crippen LogP) is 2.71. The molecule has 0 heterocycles. The Morgan fingerprint density at radius 2 is 2.11 bits per heavy atom. The number of nitrogens with one attached hydrogen (secondary N) is 1. The fourth-order valence-corrected chi connectivity index (χ4v) is 1.64. The molecule has 1 amide bonds. The maximum absolute atomic E-state index is 13.3. The number of ether oxygens (including phenoxy) is 1. The lowest BCUT2D eigenvalue weighted by Gasteiger charge is -2.17. The second-order valence-electron chi connectivity index (χ2n) is 4.69. The average Bonchev–Trinajstić information content (AvgIpc) is 2.32. The number of carbonyl (C=O) groups is 1. The van der Waals surface area contributed by atoms with Gasteiger partial charge in [0.2, 0.25) is 0 Å². The molecule has 0 fully saturated rings. The van der Waals surface area contributed by atoms with Crippen molar-refractivity contribution in [2.24, 2.45) is 5.92 Å². The van der Waals surface area contributed by atoms with Crippen molar-refractivity contribution in [3.63, 3.8) is 0 Å². The van der Waals surface area contributed by atoms with Crippen LogP contribution in [-0.2, 0) is 4.79 Å². The number of amides is 1. The van der Waals surface area contributed by atoms with Gasteiger partial charge >= 0.3 is 0 Å². The largest absolute Gasteiger partial charge is 0.482 e. The van der Waals surface area contributed by atoms with Gasteiger partial charge in [0.05, 0.1) is 10.2 Å². The highest BCUT2D eigenvalue weighted by Gasteiger charge is 2.13. The summed E-state index contributed by atoms with van der Waals surface area (Å²) in [5.74, 6) is -0.253. The van der Waals surface area contributed by atoms with E-state index in [-0.39, 0.29) is 34.5 Å². The van der Waals surface area contributed by atoms with Gasteiger partial charge in [-0.05, 0) is 34.8 Å². The summed E-state index contributed by atoms with van der Waals surface area (Å²) in [6.07, 6.45) is 0. The molecule has 1 unspecified atom stereocenters. The van der Waals surface area contributed by atoms with E-state index in [1.54, 1.807) is 0 Å². The van der Waals surface area contributed by atoms with Crippen LogP contribution < -0.4 is 15.8 Å². The number of nitrogens with two attached hydrogens (primary N) is 1. The van der Waals surface area contributed by atoms with Crippen molar-refractivity contribution in [1.29, 1.82) is 0 Å². The van der Waals surface area contributed by atoms with Gasteiger partial charge in [-0.25, -0.2) is 4.39 Å². The Morgan fingerprint density at radius 3 is 2.68 bits per heavy atom. The molecule has 6 heteroatoms. The molecular formula is C13H18BrFN2O2. The molecule has 0 aromatic heterocycles. The Kier molecular flexibility index (Phi) is 5.60. The van der Waals surface area contributed by atoms with E-state index in [1.165, 1.54) is 6.07 Å². The van der Waals surface area contributed by atoms with Crippen LogP contribution in [0.15, 0.2) is 16.6 Å². The molecule has 0 aliphatic rings. The highest BCUT2D eigenvalue weighted by Crippen LogP contribution is 2.28. The Labute approximate surface area is 120 Å². The van der Waals surface area contributed by atoms with Crippen LogP contribution in [0, 0.1) is 11.7 Å². The second kappa shape index (κ2) is 6.75. The van der Waals surface area contributed by atoms with Crippen LogP contribution >= 0.6 is 15.9 Å². The third-order valence-electron chi connectivity index (χ3n) is 2.80. The van der Waals surface area contributed by atoms with Crippen LogP contribution in [0.5, 0.6) is 5.75 Å². The fraction of sp³-hybridized carbons (Fsp3) is 0.462. The zero-order valence-electron chi connectivity index (χ0n) is 11.2. The molecule has 106 valence electrons. The van der Waals surface area contributed by atoms with Crippen molar-refractivity contribution < 1.29 is 13.9 Å². The van der Waals surface area contributed by atoms with E-state index in [0.29, 0.717) is 5.92 Å². The normalized spacial score (nSPS) is 12.3. The highest BCUT2D eigenvalue weighted by atomic mass is 79.9. The molecule has 1 aromatic rings. The third-order valence-corrected chi connectivity index (χ3v) is 3.41. The van der Waals surface area contributed by atoms with Gasteiger partial charge in [0.15, 0.2) is 6.61 Å². The zero-order chi connectivity index (χ0) is 14.6. The Morgan fingerprint density at radius 1 is 1.47 bits per heavy atom. The molecule has 0 aliphatic heterocycles. The first kappa shape index (κ1) is 15.8. The van der Waals surface area contributed by atoms with Gasteiger partial charge in [0.25, 0.3) is 5.91 Å². The summed E-state index contributed by atoms with van der Waals surface area (Å²) < 4.78 is 18.8. The lowest BCUT2D eigenvalue weighted by Crippen LogP contribution is -2.39. The quantitative estimate of drug-likeness (QED) is 0.815. The van der Waals surface area contributed by atoms with E-state index >= 15 is 0 Å². The number of carbonyl (C=O) groups excluding carboxylic acids is 1. The van der Waals surface area contributed by atoms with Crippen molar-refractivity contribution in [3.8, 4) is 5.75 Å². The van der Waals surface area contributed by atoms with Crippen molar-refractivity contribution in [3.05, 3.63) is 22.4 Å². The van der Waals surface area contributed by atoms with Gasteiger partial charge in [-0.2, -0.15) is 0 Å². The topological polar surface area (TPSA) is 64.3 Å². The fourth-order valence-electron chi connectivity index (χ4n) is 1.27. The van der Waals surface area contributed by atoms with Gasteiger partial charge in [-0.15, -0.1) is 0 Å². The van der Waals surface area contributed by atoms with Crippen LogP contribution in [0.4, 0.5) is 10.1 Å². The molecule has 0 saturated heterocycles. The first-order chi connectivity index (χ1) is 8.81. The SMILES string of the molecule is CC(C)C(C)NC(=O)COc1cc(F)c(Br)cc1N. The maximum Gasteiger partial charge on any atom is 0.258 e. The third kappa shape index (κ3) is 4.70. The maximum atomic E-state index is 13.3. The van der Waals surface area contributed by atoms with E-state index in [1.807, 2.05) is 20.8 Å². The summed E-state index contributed by atoms with van der Waals surface area (Å²) >= 11 is 3.02. The Hall–Kier alpha value is -1.30. The Balaban J connectivity index is 2.58. The first-order valence-electron chi connectivity index (χ1n) is 5.98. The minimum absolute atomic E-state index is 0.0510. The molecule has 1 rings (SSSR count). The Bertz CT molecular complexity index is 466. The standard InChI is InChI=1S/C13H18BrFN2O2/c1-7(2)8(3)17-13(18)6-19-12-5-10(15)9(14)4-11(12)16/h4-5,7-8H,6,16H2,1-3H3,(H,17,18). The van der Waals surface area contributed by atoms with E-state index in [0.717, 1.165) is 6.07 Å². The van der Waals surface area contributed by atoms with Gasteiger partial charge in [-0.3, -0.25) is 4.79 Å². The van der Waals surface area contributed by atoms with E-state index < -0.39 is 5.82 Å². The monoisotopic (exact) mass is 332 g/mol. The van der Waals surface area contributed by atoms with Crippen LogP contribution in [-0.4, -0.2) is 18.6 Å². The predicted molar refractivity (Wildman–Crippen MR) is 76.5 cm³/mol. The lowest BCUT2D eigenvalue weighted by molar-refractivity contribution is -0.123. The number of hydrogen-bond acceptors (Lipinski definition) is 3. The molecule has 0 bridgehead atoms. The molecule has 1 aromatic carbocycles. The summed E-state index contributed by atoms with van der Waals surface area (Å²) in [5, 5.41) is 2.79. The second-order valence-corrected chi connectivity index (χ2v) is 5.55. The molecule has 0 aliphatic carbocycles. The van der Waals surface area contributed by atoms with Crippen molar-refractivity contribution in [2.75, 3.05) is 12.3 Å².